The molecule has 0 radical (unpaired) electrons. The van der Waals surface area contributed by atoms with Crippen LogP contribution in [0.1, 0.15) is 28.7 Å². The van der Waals surface area contributed by atoms with Gasteiger partial charge >= 0.3 is 0 Å². The fraction of sp³-hybridized carbons (Fsp3) is 0.278. The standard InChI is InChI=1S/C18H18N2/c1-13-6-7-16(12-19)18(10-13)20-17-9-8-14-4-2-3-5-15(14)11-17/h2-7,10,17,20H,8-9,11H2,1H3. The summed E-state index contributed by atoms with van der Waals surface area (Å²) in [5.74, 6) is 0. The molecule has 100 valence electrons. The van der Waals surface area contributed by atoms with Gasteiger partial charge in [-0.2, -0.15) is 5.26 Å². The molecule has 0 bridgehead atoms. The number of hydrogen-bond acceptors (Lipinski definition) is 2. The first kappa shape index (κ1) is 12.7. The van der Waals surface area contributed by atoms with Gasteiger partial charge in [-0.15, -0.1) is 0 Å². The lowest BCUT2D eigenvalue weighted by atomic mass is 9.88. The number of benzene rings is 2. The van der Waals surface area contributed by atoms with E-state index < -0.39 is 0 Å². The largest absolute Gasteiger partial charge is 0.381 e. The number of aryl methyl sites for hydroxylation is 2. The zero-order valence-electron chi connectivity index (χ0n) is 11.7. The van der Waals surface area contributed by atoms with E-state index in [1.54, 1.807) is 0 Å². The summed E-state index contributed by atoms with van der Waals surface area (Å²) in [7, 11) is 0. The third-order valence-corrected chi connectivity index (χ3v) is 4.00. The highest BCUT2D eigenvalue weighted by Crippen LogP contribution is 2.25. The van der Waals surface area contributed by atoms with Crippen molar-refractivity contribution >= 4 is 5.69 Å². The van der Waals surface area contributed by atoms with Gasteiger partial charge in [0.2, 0.25) is 0 Å². The Bertz CT molecular complexity index is 667. The molecule has 2 nitrogen and oxygen atoms in total. The second-order valence-electron chi connectivity index (χ2n) is 5.51. The first-order valence-electron chi connectivity index (χ1n) is 7.10. The molecule has 0 heterocycles. The van der Waals surface area contributed by atoms with Crippen molar-refractivity contribution in [3.63, 3.8) is 0 Å². The molecule has 0 spiro atoms. The molecule has 1 N–H and O–H groups in total. The summed E-state index contributed by atoms with van der Waals surface area (Å²) >= 11 is 0. The second kappa shape index (κ2) is 5.38. The van der Waals surface area contributed by atoms with Crippen molar-refractivity contribution in [3.8, 4) is 6.07 Å². The molecule has 0 saturated heterocycles. The van der Waals surface area contributed by atoms with E-state index in [9.17, 15) is 5.26 Å². The lowest BCUT2D eigenvalue weighted by Crippen LogP contribution is -2.27. The minimum atomic E-state index is 0.416. The van der Waals surface area contributed by atoms with Crippen molar-refractivity contribution in [2.24, 2.45) is 0 Å². The number of nitrogens with one attached hydrogen (secondary N) is 1. The summed E-state index contributed by atoms with van der Waals surface area (Å²) in [5, 5.41) is 12.8. The number of hydrogen-bond donors (Lipinski definition) is 1. The second-order valence-corrected chi connectivity index (χ2v) is 5.51. The van der Waals surface area contributed by atoms with E-state index in [1.165, 1.54) is 16.7 Å². The Kier molecular flexibility index (Phi) is 3.43. The van der Waals surface area contributed by atoms with E-state index in [2.05, 4.69) is 48.6 Å². The lowest BCUT2D eigenvalue weighted by molar-refractivity contribution is 0.611. The Hall–Kier alpha value is -2.27. The van der Waals surface area contributed by atoms with Crippen LogP contribution >= 0.6 is 0 Å². The van der Waals surface area contributed by atoms with Crippen LogP contribution in [0.3, 0.4) is 0 Å². The summed E-state index contributed by atoms with van der Waals surface area (Å²) < 4.78 is 0. The van der Waals surface area contributed by atoms with Crippen LogP contribution < -0.4 is 5.32 Å². The Balaban J connectivity index is 1.80. The van der Waals surface area contributed by atoms with Gasteiger partial charge in [-0.25, -0.2) is 0 Å². The summed E-state index contributed by atoms with van der Waals surface area (Å²) in [6, 6.07) is 17.3. The quantitative estimate of drug-likeness (QED) is 0.892. The van der Waals surface area contributed by atoms with Crippen LogP contribution in [-0.4, -0.2) is 6.04 Å². The van der Waals surface area contributed by atoms with Gasteiger partial charge in [-0.1, -0.05) is 30.3 Å². The van der Waals surface area contributed by atoms with Crippen molar-refractivity contribution in [2.75, 3.05) is 5.32 Å². The number of rotatable bonds is 2. The summed E-state index contributed by atoms with van der Waals surface area (Å²) in [5.41, 5.74) is 5.78. The predicted molar refractivity (Wildman–Crippen MR) is 81.8 cm³/mol. The van der Waals surface area contributed by atoms with E-state index in [0.717, 1.165) is 30.5 Å². The Morgan fingerprint density at radius 2 is 1.95 bits per heavy atom. The fourth-order valence-electron chi connectivity index (χ4n) is 2.92. The first-order valence-corrected chi connectivity index (χ1v) is 7.10. The number of nitriles is 1. The molecule has 1 atom stereocenters. The van der Waals surface area contributed by atoms with Crippen LogP contribution in [0.25, 0.3) is 0 Å². The molecule has 1 aliphatic rings. The van der Waals surface area contributed by atoms with Gasteiger partial charge in [0, 0.05) is 6.04 Å². The van der Waals surface area contributed by atoms with E-state index in [-0.39, 0.29) is 0 Å². The fourth-order valence-corrected chi connectivity index (χ4v) is 2.92. The van der Waals surface area contributed by atoms with Gasteiger partial charge < -0.3 is 5.32 Å². The monoisotopic (exact) mass is 262 g/mol. The van der Waals surface area contributed by atoms with Gasteiger partial charge in [0.15, 0.2) is 0 Å². The Morgan fingerprint density at radius 1 is 1.15 bits per heavy atom. The third kappa shape index (κ3) is 2.53. The van der Waals surface area contributed by atoms with E-state index in [0.29, 0.717) is 6.04 Å². The van der Waals surface area contributed by atoms with E-state index in [1.807, 2.05) is 12.1 Å². The van der Waals surface area contributed by atoms with Gasteiger partial charge in [0.05, 0.1) is 11.3 Å². The predicted octanol–water partition coefficient (Wildman–Crippen LogP) is 3.84. The van der Waals surface area contributed by atoms with Crippen molar-refractivity contribution in [1.82, 2.24) is 0 Å². The highest BCUT2D eigenvalue weighted by molar-refractivity contribution is 5.59. The molecule has 20 heavy (non-hydrogen) atoms. The molecular weight excluding hydrogens is 244 g/mol. The lowest BCUT2D eigenvalue weighted by Gasteiger charge is -2.26. The maximum absolute atomic E-state index is 9.21. The molecule has 2 heteroatoms. The Labute approximate surface area is 120 Å². The zero-order chi connectivity index (χ0) is 13.9. The highest BCUT2D eigenvalue weighted by Gasteiger charge is 2.18. The number of fused-ring (bicyclic) bond motifs is 1. The average Bonchev–Trinajstić information content (AvgIpc) is 2.47. The van der Waals surface area contributed by atoms with Crippen molar-refractivity contribution in [2.45, 2.75) is 32.2 Å². The molecule has 2 aromatic rings. The number of nitrogens with zero attached hydrogens (tertiary/aromatic N) is 1. The van der Waals surface area contributed by atoms with Gasteiger partial charge in [-0.05, 0) is 55.0 Å². The van der Waals surface area contributed by atoms with Crippen LogP contribution in [-0.2, 0) is 12.8 Å². The molecule has 0 saturated carbocycles. The molecule has 0 aromatic heterocycles. The van der Waals surface area contributed by atoms with Crippen molar-refractivity contribution in [3.05, 3.63) is 64.7 Å². The normalized spacial score (nSPS) is 17.1. The first-order chi connectivity index (χ1) is 9.76. The molecule has 0 amide bonds. The van der Waals surface area contributed by atoms with Crippen LogP contribution in [0.5, 0.6) is 0 Å². The van der Waals surface area contributed by atoms with Crippen LogP contribution in [0.4, 0.5) is 5.69 Å². The maximum Gasteiger partial charge on any atom is 0.101 e. The smallest absolute Gasteiger partial charge is 0.101 e. The van der Waals surface area contributed by atoms with Crippen LogP contribution in [0.15, 0.2) is 42.5 Å². The summed E-state index contributed by atoms with van der Waals surface area (Å²) in [6.07, 6.45) is 3.27. The molecule has 0 aliphatic heterocycles. The average molecular weight is 262 g/mol. The number of anilines is 1. The van der Waals surface area contributed by atoms with Crippen molar-refractivity contribution in [1.29, 1.82) is 5.26 Å². The summed E-state index contributed by atoms with van der Waals surface area (Å²) in [6.45, 7) is 2.06. The molecule has 2 aromatic carbocycles. The molecule has 1 unspecified atom stereocenters. The van der Waals surface area contributed by atoms with Gasteiger partial charge in [-0.3, -0.25) is 0 Å². The molecule has 1 aliphatic carbocycles. The molecule has 0 fully saturated rings. The topological polar surface area (TPSA) is 35.8 Å². The highest BCUT2D eigenvalue weighted by atomic mass is 14.9. The van der Waals surface area contributed by atoms with E-state index >= 15 is 0 Å². The summed E-state index contributed by atoms with van der Waals surface area (Å²) in [4.78, 5) is 0. The van der Waals surface area contributed by atoms with Crippen molar-refractivity contribution < 1.29 is 0 Å². The zero-order valence-corrected chi connectivity index (χ0v) is 11.7. The van der Waals surface area contributed by atoms with E-state index in [4.69, 9.17) is 0 Å². The SMILES string of the molecule is Cc1ccc(C#N)c(NC2CCc3ccccc3C2)c1. The van der Waals surface area contributed by atoms with Crippen LogP contribution in [0, 0.1) is 18.3 Å². The molecular formula is C18H18N2. The maximum atomic E-state index is 9.21. The third-order valence-electron chi connectivity index (χ3n) is 4.00. The minimum absolute atomic E-state index is 0.416. The minimum Gasteiger partial charge on any atom is -0.381 e. The van der Waals surface area contributed by atoms with Gasteiger partial charge in [0.25, 0.3) is 0 Å². The van der Waals surface area contributed by atoms with Gasteiger partial charge in [0.1, 0.15) is 6.07 Å². The molecule has 3 rings (SSSR count). The Morgan fingerprint density at radius 3 is 2.75 bits per heavy atom. The van der Waals surface area contributed by atoms with Crippen LogP contribution in [0.2, 0.25) is 0 Å².